The molecule has 33 heavy (non-hydrogen) atoms. The van der Waals surface area contributed by atoms with Crippen molar-refractivity contribution in [3.8, 4) is 16.9 Å². The fourth-order valence-corrected chi connectivity index (χ4v) is 4.85. The summed E-state index contributed by atoms with van der Waals surface area (Å²) >= 11 is 0. The smallest absolute Gasteiger partial charge is 0.142 e. The molecule has 0 aliphatic rings. The van der Waals surface area contributed by atoms with Gasteiger partial charge in [0.25, 0.3) is 0 Å². The zero-order valence-corrected chi connectivity index (χ0v) is 20.1. The Morgan fingerprint density at radius 1 is 1.09 bits per heavy atom. The number of H-pyrrole nitrogens is 1. The van der Waals surface area contributed by atoms with Crippen LogP contribution >= 0.6 is 0 Å². The summed E-state index contributed by atoms with van der Waals surface area (Å²) < 4.78 is 13.2. The monoisotopic (exact) mass is 444 g/mol. The van der Waals surface area contributed by atoms with Crippen molar-refractivity contribution in [1.82, 2.24) is 29.9 Å². The van der Waals surface area contributed by atoms with Crippen LogP contribution in [-0.4, -0.2) is 37.0 Å². The van der Waals surface area contributed by atoms with E-state index in [-0.39, 0.29) is 0 Å². The van der Waals surface area contributed by atoms with Crippen LogP contribution in [-0.2, 0) is 19.9 Å². The predicted molar refractivity (Wildman–Crippen MR) is 128 cm³/mol. The molecule has 5 aromatic rings. The van der Waals surface area contributed by atoms with Gasteiger partial charge >= 0.3 is 0 Å². The molecular formula is C25H28N6O2. The Hall–Kier alpha value is -3.68. The Morgan fingerprint density at radius 2 is 1.88 bits per heavy atom. The third-order valence-electron chi connectivity index (χ3n) is 6.46. The van der Waals surface area contributed by atoms with Gasteiger partial charge in [0.15, 0.2) is 0 Å². The molecule has 1 N–H and O–H groups in total. The van der Waals surface area contributed by atoms with Crippen molar-refractivity contribution in [2.24, 2.45) is 7.05 Å². The summed E-state index contributed by atoms with van der Waals surface area (Å²) in [4.78, 5) is 13.1. The highest BCUT2D eigenvalue weighted by Crippen LogP contribution is 2.40. The maximum absolute atomic E-state index is 5.81. The molecule has 4 heterocycles. The fourth-order valence-electron chi connectivity index (χ4n) is 4.85. The molecule has 0 atom stereocenters. The quantitative estimate of drug-likeness (QED) is 0.414. The van der Waals surface area contributed by atoms with Crippen LogP contribution in [0.3, 0.4) is 0 Å². The molecule has 4 aromatic heterocycles. The maximum Gasteiger partial charge on any atom is 0.142 e. The lowest BCUT2D eigenvalue weighted by atomic mass is 10.00. The summed E-state index contributed by atoms with van der Waals surface area (Å²) in [7, 11) is 3.69. The summed E-state index contributed by atoms with van der Waals surface area (Å²) in [6.45, 7) is 10.1. The number of benzene rings is 1. The molecule has 1 aromatic carbocycles. The Morgan fingerprint density at radius 3 is 2.52 bits per heavy atom. The molecule has 0 bridgehead atoms. The standard InChI is InChI=1S/C25H28N6O2/c1-8-18-12(2)21(31(6)29-18)11-20-24-16-10-22(32-7)17(23-13(3)30-33-14(23)4)9-19(16)28-25(24)27-15(5)26-20/h9-10H,8,11H2,1-7H3,(H,26,27,28). The second kappa shape index (κ2) is 7.72. The molecule has 0 fully saturated rings. The Bertz CT molecular complexity index is 1500. The highest BCUT2D eigenvalue weighted by atomic mass is 16.5. The van der Waals surface area contributed by atoms with Gasteiger partial charge in [-0.25, -0.2) is 9.97 Å². The van der Waals surface area contributed by atoms with Gasteiger partial charge in [0.05, 0.1) is 29.8 Å². The van der Waals surface area contributed by atoms with Crippen LogP contribution in [0.1, 0.15) is 46.8 Å². The van der Waals surface area contributed by atoms with E-state index in [1.165, 1.54) is 11.3 Å². The van der Waals surface area contributed by atoms with Gasteiger partial charge in [-0.3, -0.25) is 4.68 Å². The first kappa shape index (κ1) is 21.2. The van der Waals surface area contributed by atoms with Crippen molar-refractivity contribution in [2.45, 2.75) is 47.5 Å². The van der Waals surface area contributed by atoms with E-state index < -0.39 is 0 Å². The molecule has 0 unspecified atom stereocenters. The number of nitrogens with zero attached hydrogens (tertiary/aromatic N) is 5. The number of hydrogen-bond donors (Lipinski definition) is 1. The molecule has 8 heteroatoms. The molecule has 0 saturated heterocycles. The van der Waals surface area contributed by atoms with Gasteiger partial charge in [-0.2, -0.15) is 5.10 Å². The number of aromatic amines is 1. The lowest BCUT2D eigenvalue weighted by molar-refractivity contribution is 0.393. The molecule has 0 aliphatic heterocycles. The average molecular weight is 445 g/mol. The van der Waals surface area contributed by atoms with Crippen molar-refractivity contribution >= 4 is 21.9 Å². The van der Waals surface area contributed by atoms with Crippen LogP contribution in [0.2, 0.25) is 0 Å². The fraction of sp³-hybridized carbons (Fsp3) is 0.360. The molecule has 0 radical (unpaired) electrons. The summed E-state index contributed by atoms with van der Waals surface area (Å²) in [6, 6.07) is 4.15. The Balaban J connectivity index is 1.75. The van der Waals surface area contributed by atoms with Crippen molar-refractivity contribution in [3.63, 3.8) is 0 Å². The lowest BCUT2D eigenvalue weighted by Crippen LogP contribution is -2.04. The van der Waals surface area contributed by atoms with Gasteiger partial charge in [-0.15, -0.1) is 0 Å². The zero-order valence-electron chi connectivity index (χ0n) is 20.1. The summed E-state index contributed by atoms with van der Waals surface area (Å²) in [6.07, 6.45) is 1.59. The van der Waals surface area contributed by atoms with Crippen LogP contribution in [0, 0.1) is 27.7 Å². The van der Waals surface area contributed by atoms with Crippen molar-refractivity contribution in [2.75, 3.05) is 7.11 Å². The van der Waals surface area contributed by atoms with Gasteiger partial charge in [-0.05, 0) is 51.8 Å². The number of aromatic nitrogens is 6. The molecule has 5 rings (SSSR count). The minimum Gasteiger partial charge on any atom is -0.496 e. The minimum atomic E-state index is 0.677. The number of nitrogens with one attached hydrogen (secondary N) is 1. The van der Waals surface area contributed by atoms with Gasteiger partial charge < -0.3 is 14.2 Å². The highest BCUT2D eigenvalue weighted by Gasteiger charge is 2.21. The van der Waals surface area contributed by atoms with E-state index in [0.717, 1.165) is 73.9 Å². The van der Waals surface area contributed by atoms with E-state index in [4.69, 9.17) is 24.3 Å². The third-order valence-corrected chi connectivity index (χ3v) is 6.46. The van der Waals surface area contributed by atoms with Crippen LogP contribution in [0.25, 0.3) is 33.1 Å². The van der Waals surface area contributed by atoms with Crippen molar-refractivity contribution < 1.29 is 9.26 Å². The highest BCUT2D eigenvalue weighted by molar-refractivity contribution is 6.09. The number of aryl methyl sites for hydroxylation is 5. The van der Waals surface area contributed by atoms with Crippen LogP contribution in [0.5, 0.6) is 5.75 Å². The van der Waals surface area contributed by atoms with E-state index in [0.29, 0.717) is 6.42 Å². The Labute approximate surface area is 192 Å². The van der Waals surface area contributed by atoms with Crippen molar-refractivity contribution in [1.29, 1.82) is 0 Å². The van der Waals surface area contributed by atoms with Crippen molar-refractivity contribution in [3.05, 3.63) is 52.1 Å². The number of hydrogen-bond acceptors (Lipinski definition) is 6. The number of fused-ring (bicyclic) bond motifs is 3. The Kier molecular flexibility index (Phi) is 4.96. The van der Waals surface area contributed by atoms with Crippen LogP contribution in [0.4, 0.5) is 0 Å². The number of rotatable bonds is 5. The predicted octanol–water partition coefficient (Wildman–Crippen LogP) is 4.90. The van der Waals surface area contributed by atoms with E-state index in [2.05, 4.69) is 36.1 Å². The largest absolute Gasteiger partial charge is 0.496 e. The van der Waals surface area contributed by atoms with Gasteiger partial charge in [0, 0.05) is 41.0 Å². The van der Waals surface area contributed by atoms with E-state index >= 15 is 0 Å². The summed E-state index contributed by atoms with van der Waals surface area (Å²) in [5.41, 5.74) is 9.00. The molecule has 0 aliphatic carbocycles. The summed E-state index contributed by atoms with van der Waals surface area (Å²) in [5, 5.41) is 10.9. The number of methoxy groups -OCH3 is 1. The normalized spacial score (nSPS) is 11.7. The molecule has 0 spiro atoms. The first-order valence-corrected chi connectivity index (χ1v) is 11.1. The minimum absolute atomic E-state index is 0.677. The van der Waals surface area contributed by atoms with E-state index in [9.17, 15) is 0 Å². The van der Waals surface area contributed by atoms with E-state index in [1.807, 2.05) is 32.5 Å². The summed E-state index contributed by atoms with van der Waals surface area (Å²) in [5.74, 6) is 2.25. The topological polar surface area (TPSA) is 94.7 Å². The zero-order chi connectivity index (χ0) is 23.4. The molecular weight excluding hydrogens is 416 g/mol. The van der Waals surface area contributed by atoms with Gasteiger partial charge in [0.1, 0.15) is 23.0 Å². The van der Waals surface area contributed by atoms with Crippen LogP contribution in [0.15, 0.2) is 16.7 Å². The SMILES string of the molecule is CCc1nn(C)c(Cc2nc(C)nc3[nH]c4cc(-c5c(C)noc5C)c(OC)cc4c23)c1C. The lowest BCUT2D eigenvalue weighted by Gasteiger charge is -2.10. The van der Waals surface area contributed by atoms with Gasteiger partial charge in [0.2, 0.25) is 0 Å². The first-order valence-electron chi connectivity index (χ1n) is 11.1. The first-order chi connectivity index (χ1) is 15.8. The van der Waals surface area contributed by atoms with E-state index in [1.54, 1.807) is 7.11 Å². The van der Waals surface area contributed by atoms with Crippen LogP contribution < -0.4 is 4.74 Å². The second-order valence-electron chi connectivity index (χ2n) is 8.54. The second-order valence-corrected chi connectivity index (χ2v) is 8.54. The van der Waals surface area contributed by atoms with Gasteiger partial charge in [-0.1, -0.05) is 12.1 Å². The molecule has 8 nitrogen and oxygen atoms in total. The maximum atomic E-state index is 5.81. The average Bonchev–Trinajstić information content (AvgIpc) is 3.40. The number of ether oxygens (including phenoxy) is 1. The molecule has 0 amide bonds. The third kappa shape index (κ3) is 3.28. The molecule has 0 saturated carbocycles. The molecule has 170 valence electrons.